The minimum absolute atomic E-state index is 0.124. The van der Waals surface area contributed by atoms with E-state index in [4.69, 9.17) is 10.5 Å². The first kappa shape index (κ1) is 18.6. The lowest BCUT2D eigenvalue weighted by atomic mass is 10.1. The van der Waals surface area contributed by atoms with Crippen LogP contribution in [0.5, 0.6) is 11.5 Å². The Hall–Kier alpha value is -3.73. The quantitative estimate of drug-likeness (QED) is 0.501. The summed E-state index contributed by atoms with van der Waals surface area (Å²) < 4.78 is 8.07. The van der Waals surface area contributed by atoms with E-state index >= 15 is 0 Å². The summed E-state index contributed by atoms with van der Waals surface area (Å²) in [4.78, 5) is 14.9. The summed E-state index contributed by atoms with van der Waals surface area (Å²) in [5.41, 5.74) is 9.16. The van der Waals surface area contributed by atoms with Gasteiger partial charge in [0.2, 0.25) is 0 Å². The molecule has 0 unspecified atom stereocenters. The second-order valence-electron chi connectivity index (χ2n) is 7.09. The largest absolute Gasteiger partial charge is 0.456 e. The molecule has 1 aromatic heterocycles. The van der Waals surface area contributed by atoms with Gasteiger partial charge in [-0.05, 0) is 41.8 Å². The van der Waals surface area contributed by atoms with E-state index in [0.29, 0.717) is 29.3 Å². The van der Waals surface area contributed by atoms with Crippen LogP contribution in [-0.4, -0.2) is 22.4 Å². The maximum Gasteiger partial charge on any atom is 0.257 e. The molecule has 1 amide bonds. The summed E-state index contributed by atoms with van der Waals surface area (Å²) in [5, 5.41) is 1.16. The van der Waals surface area contributed by atoms with Crippen LogP contribution in [0.4, 0.5) is 5.69 Å². The van der Waals surface area contributed by atoms with Crippen molar-refractivity contribution in [1.82, 2.24) is 9.47 Å². The number of ether oxygens (including phenoxy) is 1. The standard InChI is InChI=1S/C24H23N3O2/c1-26(16-19-14-17-8-6-7-11-22(17)27(19)2)24(28)21-13-12-18(25)15-23(21)29-20-9-4-3-5-10-20/h3-15H,16,25H2,1-2H3. The van der Waals surface area contributed by atoms with Gasteiger partial charge in [0.05, 0.1) is 12.1 Å². The number of nitrogens with zero attached hydrogens (tertiary/aromatic N) is 2. The van der Waals surface area contributed by atoms with Crippen LogP contribution in [0.15, 0.2) is 78.9 Å². The van der Waals surface area contributed by atoms with E-state index in [2.05, 4.69) is 22.8 Å². The number of anilines is 1. The van der Waals surface area contributed by atoms with E-state index < -0.39 is 0 Å². The molecule has 0 saturated carbocycles. The molecule has 4 aromatic rings. The highest BCUT2D eigenvalue weighted by Gasteiger charge is 2.19. The number of fused-ring (bicyclic) bond motifs is 1. The first-order valence-electron chi connectivity index (χ1n) is 9.44. The minimum Gasteiger partial charge on any atom is -0.456 e. The van der Waals surface area contributed by atoms with Gasteiger partial charge in [0.1, 0.15) is 11.5 Å². The van der Waals surface area contributed by atoms with Crippen LogP contribution in [0, 0.1) is 0 Å². The van der Waals surface area contributed by atoms with E-state index in [0.717, 1.165) is 16.6 Å². The number of amides is 1. The Morgan fingerprint density at radius 3 is 2.48 bits per heavy atom. The molecule has 0 atom stereocenters. The number of nitrogen functional groups attached to an aromatic ring is 1. The van der Waals surface area contributed by atoms with E-state index in [-0.39, 0.29) is 5.91 Å². The molecule has 1 heterocycles. The van der Waals surface area contributed by atoms with Gasteiger partial charge in [-0.2, -0.15) is 0 Å². The highest BCUT2D eigenvalue weighted by Crippen LogP contribution is 2.29. The molecule has 0 aliphatic rings. The normalized spacial score (nSPS) is 10.8. The predicted molar refractivity (Wildman–Crippen MR) is 116 cm³/mol. The molecule has 29 heavy (non-hydrogen) atoms. The molecule has 0 bridgehead atoms. The third kappa shape index (κ3) is 3.80. The van der Waals surface area contributed by atoms with Crippen molar-refractivity contribution >= 4 is 22.5 Å². The van der Waals surface area contributed by atoms with Gasteiger partial charge in [-0.25, -0.2) is 0 Å². The molecule has 5 heteroatoms. The molecule has 146 valence electrons. The summed E-state index contributed by atoms with van der Waals surface area (Å²) in [6.07, 6.45) is 0. The molecule has 0 saturated heterocycles. The van der Waals surface area contributed by atoms with Crippen LogP contribution in [0.1, 0.15) is 16.1 Å². The second-order valence-corrected chi connectivity index (χ2v) is 7.09. The number of benzene rings is 3. The number of rotatable bonds is 5. The van der Waals surface area contributed by atoms with Crippen molar-refractivity contribution in [2.24, 2.45) is 7.05 Å². The Morgan fingerprint density at radius 1 is 1.00 bits per heavy atom. The third-order valence-electron chi connectivity index (χ3n) is 5.00. The minimum atomic E-state index is -0.124. The maximum absolute atomic E-state index is 13.2. The average molecular weight is 385 g/mol. The molecule has 5 nitrogen and oxygen atoms in total. The van der Waals surface area contributed by atoms with Gasteiger partial charge in [0, 0.05) is 37.1 Å². The van der Waals surface area contributed by atoms with Crippen molar-refractivity contribution in [2.75, 3.05) is 12.8 Å². The summed E-state index contributed by atoms with van der Waals surface area (Å²) in [6, 6.07) is 24.8. The van der Waals surface area contributed by atoms with E-state index in [1.807, 2.05) is 49.5 Å². The lowest BCUT2D eigenvalue weighted by Gasteiger charge is -2.20. The molecule has 2 N–H and O–H groups in total. The SMILES string of the molecule is CN(Cc1cc2ccccc2n1C)C(=O)c1ccc(N)cc1Oc1ccccc1. The van der Waals surface area contributed by atoms with E-state index in [1.165, 1.54) is 0 Å². The van der Waals surface area contributed by atoms with Crippen molar-refractivity contribution < 1.29 is 9.53 Å². The Morgan fingerprint density at radius 2 is 1.72 bits per heavy atom. The molecule has 0 fully saturated rings. The highest BCUT2D eigenvalue weighted by molar-refractivity contribution is 5.97. The number of hydrogen-bond acceptors (Lipinski definition) is 3. The second kappa shape index (κ2) is 7.72. The van der Waals surface area contributed by atoms with Gasteiger partial charge < -0.3 is 19.9 Å². The van der Waals surface area contributed by atoms with Gasteiger partial charge >= 0.3 is 0 Å². The monoisotopic (exact) mass is 385 g/mol. The van der Waals surface area contributed by atoms with Crippen LogP contribution in [0.2, 0.25) is 0 Å². The van der Waals surface area contributed by atoms with Crippen molar-refractivity contribution in [1.29, 1.82) is 0 Å². The van der Waals surface area contributed by atoms with Gasteiger partial charge in [0.15, 0.2) is 0 Å². The first-order chi connectivity index (χ1) is 14.0. The molecular formula is C24H23N3O2. The van der Waals surface area contributed by atoms with Crippen molar-refractivity contribution in [3.63, 3.8) is 0 Å². The molecule has 4 rings (SSSR count). The summed E-state index contributed by atoms with van der Waals surface area (Å²) >= 11 is 0. The van der Waals surface area contributed by atoms with Crippen LogP contribution >= 0.6 is 0 Å². The molecule has 0 aliphatic carbocycles. The van der Waals surface area contributed by atoms with Gasteiger partial charge in [-0.1, -0.05) is 36.4 Å². The lowest BCUT2D eigenvalue weighted by Crippen LogP contribution is -2.27. The fourth-order valence-electron chi connectivity index (χ4n) is 3.43. The van der Waals surface area contributed by atoms with Crippen molar-refractivity contribution in [3.05, 3.63) is 90.1 Å². The number of carbonyl (C=O) groups is 1. The number of aromatic nitrogens is 1. The van der Waals surface area contributed by atoms with Gasteiger partial charge in [-0.3, -0.25) is 4.79 Å². The number of para-hydroxylation sites is 2. The summed E-state index contributed by atoms with van der Waals surface area (Å²) in [7, 11) is 3.81. The molecule has 0 aliphatic heterocycles. The number of nitrogens with two attached hydrogens (primary N) is 1. The van der Waals surface area contributed by atoms with Crippen LogP contribution in [0.3, 0.4) is 0 Å². The molecule has 0 radical (unpaired) electrons. The zero-order chi connectivity index (χ0) is 20.4. The maximum atomic E-state index is 13.2. The fourth-order valence-corrected chi connectivity index (χ4v) is 3.43. The average Bonchev–Trinajstić information content (AvgIpc) is 3.04. The first-order valence-corrected chi connectivity index (χ1v) is 9.44. The van der Waals surface area contributed by atoms with Crippen LogP contribution in [0.25, 0.3) is 10.9 Å². The smallest absolute Gasteiger partial charge is 0.257 e. The molecule has 0 spiro atoms. The predicted octanol–water partition coefficient (Wildman–Crippen LogP) is 4.83. The van der Waals surface area contributed by atoms with Crippen LogP contribution in [-0.2, 0) is 13.6 Å². The molecular weight excluding hydrogens is 362 g/mol. The zero-order valence-electron chi connectivity index (χ0n) is 16.5. The highest BCUT2D eigenvalue weighted by atomic mass is 16.5. The van der Waals surface area contributed by atoms with Gasteiger partial charge in [-0.15, -0.1) is 0 Å². The molecule has 3 aromatic carbocycles. The Bertz CT molecular complexity index is 1170. The van der Waals surface area contributed by atoms with Crippen molar-refractivity contribution in [3.8, 4) is 11.5 Å². The summed E-state index contributed by atoms with van der Waals surface area (Å²) in [6.45, 7) is 0.485. The van der Waals surface area contributed by atoms with E-state index in [1.54, 1.807) is 30.1 Å². The van der Waals surface area contributed by atoms with Gasteiger partial charge in [0.25, 0.3) is 5.91 Å². The number of aryl methyl sites for hydroxylation is 1. The lowest BCUT2D eigenvalue weighted by molar-refractivity contribution is 0.0780. The number of hydrogen-bond donors (Lipinski definition) is 1. The number of carbonyl (C=O) groups excluding carboxylic acids is 1. The topological polar surface area (TPSA) is 60.5 Å². The fraction of sp³-hybridized carbons (Fsp3) is 0.125. The Balaban J connectivity index is 1.60. The Kier molecular flexibility index (Phi) is 4.96. The summed E-state index contributed by atoms with van der Waals surface area (Å²) in [5.74, 6) is 0.981. The van der Waals surface area contributed by atoms with Crippen LogP contribution < -0.4 is 10.5 Å². The van der Waals surface area contributed by atoms with E-state index in [9.17, 15) is 4.79 Å². The van der Waals surface area contributed by atoms with Crippen molar-refractivity contribution in [2.45, 2.75) is 6.54 Å². The Labute approximate surface area is 169 Å². The third-order valence-corrected chi connectivity index (χ3v) is 5.00. The zero-order valence-corrected chi connectivity index (χ0v) is 16.5.